The van der Waals surface area contributed by atoms with Gasteiger partial charge in [0.15, 0.2) is 0 Å². The maximum atomic E-state index is 11.6. The van der Waals surface area contributed by atoms with Crippen LogP contribution in [0.25, 0.3) is 0 Å². The molecule has 1 saturated carbocycles. The maximum absolute atomic E-state index is 11.6. The molecule has 0 heterocycles. The van der Waals surface area contributed by atoms with E-state index < -0.39 is 11.4 Å². The van der Waals surface area contributed by atoms with Gasteiger partial charge in [-0.3, -0.25) is 9.69 Å². The van der Waals surface area contributed by atoms with Crippen molar-refractivity contribution in [2.24, 2.45) is 5.41 Å². The van der Waals surface area contributed by atoms with E-state index in [1.807, 2.05) is 0 Å². The van der Waals surface area contributed by atoms with Crippen LogP contribution < -0.4 is 0 Å². The third-order valence-electron chi connectivity index (χ3n) is 4.18. The van der Waals surface area contributed by atoms with Crippen molar-refractivity contribution in [2.75, 3.05) is 33.7 Å². The standard InChI is InChI=1S/C14H28N2O2/c1-5-16(12(2)10-15(3)4)11-14(13(17)18)8-6-7-9-14/h12H,5-11H2,1-4H3,(H,17,18). The second-order valence-electron chi connectivity index (χ2n) is 5.97. The van der Waals surface area contributed by atoms with Crippen molar-refractivity contribution >= 4 is 5.97 Å². The van der Waals surface area contributed by atoms with Crippen LogP contribution in [0.4, 0.5) is 0 Å². The predicted molar refractivity (Wildman–Crippen MR) is 73.8 cm³/mol. The summed E-state index contributed by atoms with van der Waals surface area (Å²) in [5.74, 6) is -0.601. The second kappa shape index (κ2) is 6.53. The molecule has 0 aliphatic heterocycles. The Labute approximate surface area is 111 Å². The van der Waals surface area contributed by atoms with Crippen LogP contribution in [0.3, 0.4) is 0 Å². The minimum absolute atomic E-state index is 0.404. The maximum Gasteiger partial charge on any atom is 0.310 e. The number of aliphatic carboxylic acids is 1. The molecular weight excluding hydrogens is 228 g/mol. The highest BCUT2D eigenvalue weighted by Gasteiger charge is 2.42. The Bertz CT molecular complexity index is 273. The zero-order valence-corrected chi connectivity index (χ0v) is 12.3. The van der Waals surface area contributed by atoms with E-state index in [9.17, 15) is 9.90 Å². The fraction of sp³-hybridized carbons (Fsp3) is 0.929. The number of carboxylic acid groups (broad SMARTS) is 1. The molecule has 18 heavy (non-hydrogen) atoms. The van der Waals surface area contributed by atoms with Crippen LogP contribution in [-0.2, 0) is 4.79 Å². The van der Waals surface area contributed by atoms with Gasteiger partial charge < -0.3 is 10.0 Å². The molecule has 0 aromatic heterocycles. The highest BCUT2D eigenvalue weighted by Crippen LogP contribution is 2.39. The topological polar surface area (TPSA) is 43.8 Å². The Morgan fingerprint density at radius 2 is 1.89 bits per heavy atom. The molecule has 4 nitrogen and oxygen atoms in total. The van der Waals surface area contributed by atoms with Crippen molar-refractivity contribution in [1.82, 2.24) is 9.80 Å². The number of hydrogen-bond donors (Lipinski definition) is 1. The van der Waals surface area contributed by atoms with Gasteiger partial charge in [0.05, 0.1) is 5.41 Å². The van der Waals surface area contributed by atoms with Gasteiger partial charge in [-0.25, -0.2) is 0 Å². The van der Waals surface area contributed by atoms with Gasteiger partial charge in [0, 0.05) is 19.1 Å². The predicted octanol–water partition coefficient (Wildman–Crippen LogP) is 1.90. The molecule has 1 N–H and O–H groups in total. The summed E-state index contributed by atoms with van der Waals surface area (Å²) in [6.45, 7) is 6.91. The summed E-state index contributed by atoms with van der Waals surface area (Å²) in [7, 11) is 4.12. The minimum atomic E-state index is -0.601. The van der Waals surface area contributed by atoms with Crippen LogP contribution in [0.15, 0.2) is 0 Å². The monoisotopic (exact) mass is 256 g/mol. The quantitative estimate of drug-likeness (QED) is 0.755. The van der Waals surface area contributed by atoms with E-state index in [1.54, 1.807) is 0 Å². The van der Waals surface area contributed by atoms with Crippen molar-refractivity contribution < 1.29 is 9.90 Å². The third kappa shape index (κ3) is 3.69. The van der Waals surface area contributed by atoms with Gasteiger partial charge in [0.25, 0.3) is 0 Å². The average Bonchev–Trinajstić information content (AvgIpc) is 2.74. The lowest BCUT2D eigenvalue weighted by Gasteiger charge is -2.36. The van der Waals surface area contributed by atoms with Gasteiger partial charge >= 0.3 is 5.97 Å². The molecule has 0 amide bonds. The van der Waals surface area contributed by atoms with Crippen LogP contribution >= 0.6 is 0 Å². The summed E-state index contributed by atoms with van der Waals surface area (Å²) < 4.78 is 0. The molecular formula is C14H28N2O2. The first-order chi connectivity index (χ1) is 8.41. The van der Waals surface area contributed by atoms with Crippen LogP contribution in [0, 0.1) is 5.41 Å². The Kier molecular flexibility index (Phi) is 5.60. The number of rotatable bonds is 7. The van der Waals surface area contributed by atoms with Gasteiger partial charge in [0.2, 0.25) is 0 Å². The summed E-state index contributed by atoms with van der Waals surface area (Å²) >= 11 is 0. The van der Waals surface area contributed by atoms with Crippen LogP contribution in [0.5, 0.6) is 0 Å². The molecule has 0 aromatic carbocycles. The number of nitrogens with zero attached hydrogens (tertiary/aromatic N) is 2. The van der Waals surface area contributed by atoms with Gasteiger partial charge in [0.1, 0.15) is 0 Å². The molecule has 1 atom stereocenters. The highest BCUT2D eigenvalue weighted by atomic mass is 16.4. The number of likely N-dealkylation sites (N-methyl/N-ethyl adjacent to an activating group) is 2. The Morgan fingerprint density at radius 1 is 1.33 bits per heavy atom. The van der Waals surface area contributed by atoms with Gasteiger partial charge in [-0.15, -0.1) is 0 Å². The molecule has 4 heteroatoms. The first-order valence-corrected chi connectivity index (χ1v) is 7.03. The summed E-state index contributed by atoms with van der Waals surface area (Å²) in [6.07, 6.45) is 3.80. The Morgan fingerprint density at radius 3 is 2.28 bits per heavy atom. The van der Waals surface area contributed by atoms with E-state index >= 15 is 0 Å². The molecule has 1 aliphatic rings. The molecule has 0 radical (unpaired) electrons. The zero-order chi connectivity index (χ0) is 13.8. The van der Waals surface area contributed by atoms with Crippen LogP contribution in [-0.4, -0.2) is 60.6 Å². The van der Waals surface area contributed by atoms with Gasteiger partial charge in [-0.1, -0.05) is 19.8 Å². The fourth-order valence-corrected chi connectivity index (χ4v) is 3.10. The summed E-state index contributed by atoms with van der Waals surface area (Å²) in [4.78, 5) is 16.1. The molecule has 1 aliphatic carbocycles. The summed E-state index contributed by atoms with van der Waals surface area (Å²) in [5.41, 5.74) is -0.490. The van der Waals surface area contributed by atoms with E-state index in [0.717, 1.165) is 38.8 Å². The first-order valence-electron chi connectivity index (χ1n) is 7.03. The zero-order valence-electron chi connectivity index (χ0n) is 12.3. The summed E-state index contributed by atoms with van der Waals surface area (Å²) in [5, 5.41) is 9.53. The largest absolute Gasteiger partial charge is 0.481 e. The van der Waals surface area contributed by atoms with E-state index in [4.69, 9.17) is 0 Å². The Hall–Kier alpha value is -0.610. The van der Waals surface area contributed by atoms with E-state index in [0.29, 0.717) is 12.6 Å². The lowest BCUT2D eigenvalue weighted by molar-refractivity contribution is -0.150. The lowest BCUT2D eigenvalue weighted by atomic mass is 9.85. The van der Waals surface area contributed by atoms with E-state index in [-0.39, 0.29) is 0 Å². The smallest absolute Gasteiger partial charge is 0.310 e. The van der Waals surface area contributed by atoms with Crippen LogP contribution in [0.2, 0.25) is 0 Å². The van der Waals surface area contributed by atoms with Crippen LogP contribution in [0.1, 0.15) is 39.5 Å². The first kappa shape index (κ1) is 15.4. The molecule has 106 valence electrons. The van der Waals surface area contributed by atoms with Crippen molar-refractivity contribution in [3.05, 3.63) is 0 Å². The average molecular weight is 256 g/mol. The fourth-order valence-electron chi connectivity index (χ4n) is 3.10. The second-order valence-corrected chi connectivity index (χ2v) is 5.97. The summed E-state index contributed by atoms with van der Waals surface area (Å²) in [6, 6.07) is 0.404. The van der Waals surface area contributed by atoms with E-state index in [2.05, 4.69) is 37.7 Å². The Balaban J connectivity index is 2.68. The minimum Gasteiger partial charge on any atom is -0.481 e. The highest BCUT2D eigenvalue weighted by molar-refractivity contribution is 5.75. The lowest BCUT2D eigenvalue weighted by Crippen LogP contribution is -2.47. The SMILES string of the molecule is CCN(CC1(C(=O)O)CCCC1)C(C)CN(C)C. The molecule has 0 bridgehead atoms. The molecule has 0 aromatic rings. The number of carboxylic acids is 1. The van der Waals surface area contributed by atoms with Crippen molar-refractivity contribution in [2.45, 2.75) is 45.6 Å². The van der Waals surface area contributed by atoms with Gasteiger partial charge in [-0.05, 0) is 40.4 Å². The molecule has 1 rings (SSSR count). The molecule has 0 spiro atoms. The van der Waals surface area contributed by atoms with Crippen molar-refractivity contribution in [1.29, 1.82) is 0 Å². The molecule has 1 unspecified atom stereocenters. The van der Waals surface area contributed by atoms with Crippen molar-refractivity contribution in [3.63, 3.8) is 0 Å². The number of carbonyl (C=O) groups is 1. The molecule has 0 saturated heterocycles. The molecule has 1 fully saturated rings. The normalized spacial score (nSPS) is 20.6. The van der Waals surface area contributed by atoms with Gasteiger partial charge in [-0.2, -0.15) is 0 Å². The van der Waals surface area contributed by atoms with Crippen molar-refractivity contribution in [3.8, 4) is 0 Å². The number of hydrogen-bond acceptors (Lipinski definition) is 3. The third-order valence-corrected chi connectivity index (χ3v) is 4.18. The van der Waals surface area contributed by atoms with E-state index in [1.165, 1.54) is 0 Å².